The third-order valence-electron chi connectivity index (χ3n) is 9.22. The zero-order valence-corrected chi connectivity index (χ0v) is 21.4. The largest absolute Gasteiger partial charge is 0.508 e. The second-order valence-corrected chi connectivity index (χ2v) is 10.9. The van der Waals surface area contributed by atoms with Crippen molar-refractivity contribution in [2.75, 3.05) is 27.7 Å². The van der Waals surface area contributed by atoms with Gasteiger partial charge >= 0.3 is 6.18 Å². The van der Waals surface area contributed by atoms with E-state index in [1.165, 1.54) is 12.1 Å². The number of likely N-dealkylation sites (tertiary alicyclic amines) is 1. The molecule has 6 nitrogen and oxygen atoms in total. The van der Waals surface area contributed by atoms with E-state index in [4.69, 9.17) is 9.47 Å². The van der Waals surface area contributed by atoms with E-state index in [-0.39, 0.29) is 29.4 Å². The Morgan fingerprint density at radius 3 is 2.68 bits per heavy atom. The number of hydrogen-bond acceptors (Lipinski definition) is 5. The number of nitrogens with zero attached hydrogens (tertiary/aromatic N) is 2. The molecule has 0 aromatic heterocycles. The van der Waals surface area contributed by atoms with Gasteiger partial charge in [0, 0.05) is 47.2 Å². The topological polar surface area (TPSA) is 62.2 Å². The number of methoxy groups -OCH3 is 1. The lowest BCUT2D eigenvalue weighted by Crippen LogP contribution is -2.68. The fraction of sp³-hybridized carbons (Fsp3) is 0.483. The van der Waals surface area contributed by atoms with Gasteiger partial charge in [0.2, 0.25) is 0 Å². The molecule has 2 aromatic rings. The van der Waals surface area contributed by atoms with Crippen molar-refractivity contribution >= 4 is 5.91 Å². The summed E-state index contributed by atoms with van der Waals surface area (Å²) >= 11 is 0. The monoisotopic (exact) mass is 526 g/mol. The third-order valence-corrected chi connectivity index (χ3v) is 9.22. The van der Waals surface area contributed by atoms with Crippen LogP contribution in [0.15, 0.2) is 30.3 Å². The van der Waals surface area contributed by atoms with Crippen LogP contribution in [0, 0.1) is 17.8 Å². The van der Waals surface area contributed by atoms with Crippen molar-refractivity contribution in [3.05, 3.63) is 52.6 Å². The van der Waals surface area contributed by atoms with Crippen LogP contribution in [-0.4, -0.2) is 66.8 Å². The van der Waals surface area contributed by atoms with Crippen LogP contribution in [0.2, 0.25) is 0 Å². The number of phenols is 1. The molecule has 1 saturated carbocycles. The summed E-state index contributed by atoms with van der Waals surface area (Å²) in [4.78, 5) is 17.2. The number of carbonyl (C=O) groups is 1. The van der Waals surface area contributed by atoms with Gasteiger partial charge in [-0.25, -0.2) is 0 Å². The highest BCUT2D eigenvalue weighted by atomic mass is 19.4. The Labute approximate surface area is 219 Å². The quantitative estimate of drug-likeness (QED) is 0.601. The van der Waals surface area contributed by atoms with Crippen LogP contribution in [0.25, 0.3) is 0 Å². The van der Waals surface area contributed by atoms with E-state index in [9.17, 15) is 23.1 Å². The average molecular weight is 527 g/mol. The number of piperidine rings is 1. The number of phenolic OH excluding ortho intramolecular Hbond substituents is 1. The summed E-state index contributed by atoms with van der Waals surface area (Å²) in [6.07, 6.45) is -1.51. The Kier molecular flexibility index (Phi) is 5.62. The van der Waals surface area contributed by atoms with E-state index in [0.717, 1.165) is 55.5 Å². The number of likely N-dealkylation sites (N-methyl/N-ethyl adjacent to an activating group) is 2. The number of halogens is 3. The van der Waals surface area contributed by atoms with Gasteiger partial charge in [-0.2, -0.15) is 13.2 Å². The summed E-state index contributed by atoms with van der Waals surface area (Å²) in [5, 5.41) is 10.9. The van der Waals surface area contributed by atoms with Crippen molar-refractivity contribution in [2.45, 2.75) is 55.5 Å². The lowest BCUT2D eigenvalue weighted by molar-refractivity contribution is -0.137. The molecule has 1 N–H and O–H groups in total. The molecule has 2 aromatic carbocycles. The zero-order chi connectivity index (χ0) is 27.0. The molecule has 2 aliphatic carbocycles. The van der Waals surface area contributed by atoms with Gasteiger partial charge < -0.3 is 24.4 Å². The van der Waals surface area contributed by atoms with E-state index < -0.39 is 17.6 Å². The molecule has 1 amide bonds. The molecule has 6 rings (SSSR count). The summed E-state index contributed by atoms with van der Waals surface area (Å²) < 4.78 is 50.8. The SMILES string of the molecule is COc1cc(O)c2c3c1O[C@H]1[C@H](N(C)C(=O)C#Cc4ccc(C(F)(F)F)cc4)CC[C@H]4[C@@H](C2)N(C)CC[C@@]341. The minimum absolute atomic E-state index is 0.219. The fourth-order valence-corrected chi connectivity index (χ4v) is 7.42. The van der Waals surface area contributed by atoms with E-state index in [1.54, 1.807) is 25.1 Å². The molecule has 38 heavy (non-hydrogen) atoms. The van der Waals surface area contributed by atoms with Gasteiger partial charge in [0.05, 0.1) is 18.7 Å². The maximum Gasteiger partial charge on any atom is 0.416 e. The molecular formula is C29H29F3N2O4. The number of rotatable bonds is 2. The van der Waals surface area contributed by atoms with Crippen molar-refractivity contribution in [3.63, 3.8) is 0 Å². The van der Waals surface area contributed by atoms with Crippen LogP contribution < -0.4 is 9.47 Å². The Balaban J connectivity index is 1.33. The summed E-state index contributed by atoms with van der Waals surface area (Å²) in [6.45, 7) is 0.885. The molecule has 4 aliphatic rings. The number of alkyl halides is 3. The highest BCUT2D eigenvalue weighted by Crippen LogP contribution is 2.65. The maximum atomic E-state index is 13.2. The van der Waals surface area contributed by atoms with Crippen LogP contribution in [0.1, 0.15) is 41.5 Å². The highest BCUT2D eigenvalue weighted by Gasteiger charge is 2.66. The van der Waals surface area contributed by atoms with Crippen LogP contribution in [0.4, 0.5) is 13.2 Å². The number of benzene rings is 2. The molecule has 2 bridgehead atoms. The molecule has 200 valence electrons. The van der Waals surface area contributed by atoms with Crippen molar-refractivity contribution in [1.82, 2.24) is 9.80 Å². The molecular weight excluding hydrogens is 497 g/mol. The van der Waals surface area contributed by atoms with Crippen molar-refractivity contribution in [3.8, 4) is 29.1 Å². The van der Waals surface area contributed by atoms with Gasteiger partial charge in [-0.05, 0) is 69.5 Å². The van der Waals surface area contributed by atoms with Gasteiger partial charge in [0.25, 0.3) is 5.91 Å². The van der Waals surface area contributed by atoms with Crippen molar-refractivity contribution in [2.24, 2.45) is 5.92 Å². The lowest BCUT2D eigenvalue weighted by Gasteiger charge is -2.59. The first-order valence-electron chi connectivity index (χ1n) is 12.8. The normalized spacial score (nSPS) is 29.0. The molecule has 1 saturated heterocycles. The number of hydrogen-bond donors (Lipinski definition) is 1. The van der Waals surface area contributed by atoms with E-state index in [1.807, 2.05) is 0 Å². The van der Waals surface area contributed by atoms with Crippen LogP contribution in [0.5, 0.6) is 17.2 Å². The van der Waals surface area contributed by atoms with Crippen molar-refractivity contribution < 1.29 is 32.5 Å². The fourth-order valence-electron chi connectivity index (χ4n) is 7.42. The van der Waals surface area contributed by atoms with E-state index >= 15 is 0 Å². The minimum atomic E-state index is -4.43. The number of aromatic hydroxyl groups is 1. The van der Waals surface area contributed by atoms with E-state index in [0.29, 0.717) is 23.0 Å². The molecule has 2 aliphatic heterocycles. The summed E-state index contributed by atoms with van der Waals surface area (Å²) in [5.74, 6) is 6.61. The first-order chi connectivity index (χ1) is 18.1. The number of carbonyl (C=O) groups excluding carboxylic acids is 1. The van der Waals surface area contributed by atoms with Gasteiger partial charge in [0.15, 0.2) is 11.5 Å². The molecule has 0 unspecified atom stereocenters. The Bertz CT molecular complexity index is 1360. The molecule has 2 fully saturated rings. The average Bonchev–Trinajstić information content (AvgIpc) is 3.24. The molecule has 1 spiro atoms. The Morgan fingerprint density at radius 2 is 2.00 bits per heavy atom. The first-order valence-corrected chi connectivity index (χ1v) is 12.8. The molecule has 2 heterocycles. The third kappa shape index (κ3) is 3.49. The second kappa shape index (κ2) is 8.57. The highest BCUT2D eigenvalue weighted by molar-refractivity contribution is 5.94. The maximum absolute atomic E-state index is 13.2. The molecule has 5 atom stereocenters. The number of ether oxygens (including phenoxy) is 2. The Hall–Kier alpha value is -3.38. The summed E-state index contributed by atoms with van der Waals surface area (Å²) in [7, 11) is 5.40. The van der Waals surface area contributed by atoms with Crippen LogP contribution in [0.3, 0.4) is 0 Å². The zero-order valence-electron chi connectivity index (χ0n) is 21.4. The second-order valence-electron chi connectivity index (χ2n) is 10.9. The molecule has 9 heteroatoms. The van der Waals surface area contributed by atoms with Crippen molar-refractivity contribution in [1.29, 1.82) is 0 Å². The standard InChI is InChI=1S/C29H29F3N2O4/c1-33-13-12-28-19-9-10-20(34(2)24(36)11-6-16-4-7-17(8-5-16)29(30,31)32)27(28)38-26-23(37-3)15-22(35)18(25(26)28)14-21(19)33/h4-5,7-8,15,19-21,27,35H,9-10,12-14H2,1-3H3/t19-,20+,21+,27-,28-/m0/s1. The predicted molar refractivity (Wildman–Crippen MR) is 133 cm³/mol. The first kappa shape index (κ1) is 24.9. The number of amides is 1. The Morgan fingerprint density at radius 1 is 1.26 bits per heavy atom. The van der Waals surface area contributed by atoms with Crippen LogP contribution >= 0.6 is 0 Å². The predicted octanol–water partition coefficient (Wildman–Crippen LogP) is 3.97. The smallest absolute Gasteiger partial charge is 0.416 e. The lowest BCUT2D eigenvalue weighted by atomic mass is 9.51. The summed E-state index contributed by atoms with van der Waals surface area (Å²) in [5.41, 5.74) is 1.18. The van der Waals surface area contributed by atoms with Gasteiger partial charge in [-0.1, -0.05) is 5.92 Å². The van der Waals surface area contributed by atoms with Crippen LogP contribution in [-0.2, 0) is 22.8 Å². The minimum Gasteiger partial charge on any atom is -0.508 e. The van der Waals surface area contributed by atoms with Gasteiger partial charge in [-0.15, -0.1) is 0 Å². The molecule has 0 radical (unpaired) electrons. The van der Waals surface area contributed by atoms with Gasteiger partial charge in [0.1, 0.15) is 11.9 Å². The van der Waals surface area contributed by atoms with Gasteiger partial charge in [-0.3, -0.25) is 4.79 Å². The summed E-state index contributed by atoms with van der Waals surface area (Å²) in [6, 6.07) is 6.10. The van der Waals surface area contributed by atoms with E-state index in [2.05, 4.69) is 23.8 Å².